The van der Waals surface area contributed by atoms with Gasteiger partial charge in [-0.25, -0.2) is 0 Å². The highest BCUT2D eigenvalue weighted by atomic mass is 16.5. The van der Waals surface area contributed by atoms with Gasteiger partial charge in [0.1, 0.15) is 0 Å². The van der Waals surface area contributed by atoms with Crippen LogP contribution in [0.4, 0.5) is 0 Å². The molecule has 1 aromatic rings. The van der Waals surface area contributed by atoms with E-state index in [1.165, 1.54) is 37.9 Å². The van der Waals surface area contributed by atoms with Gasteiger partial charge in [0.15, 0.2) is 0 Å². The van der Waals surface area contributed by atoms with Crippen LogP contribution in [0.5, 0.6) is 0 Å². The van der Waals surface area contributed by atoms with Crippen molar-refractivity contribution in [2.75, 3.05) is 32.8 Å². The molecule has 2 aliphatic heterocycles. The molecule has 1 aromatic heterocycles. The van der Waals surface area contributed by atoms with Gasteiger partial charge in [-0.05, 0) is 50.4 Å². The predicted octanol–water partition coefficient (Wildman–Crippen LogP) is 2.38. The highest BCUT2D eigenvalue weighted by Crippen LogP contribution is 2.24. The van der Waals surface area contributed by atoms with Crippen molar-refractivity contribution in [3.8, 4) is 0 Å². The van der Waals surface area contributed by atoms with Crippen LogP contribution in [0.1, 0.15) is 43.7 Å². The number of rotatable bonds is 5. The monoisotopic (exact) mass is 289 g/mol. The first-order valence-corrected chi connectivity index (χ1v) is 8.38. The van der Waals surface area contributed by atoms with Crippen molar-refractivity contribution in [2.45, 2.75) is 44.2 Å². The third-order valence-electron chi connectivity index (χ3n) is 4.72. The Hall–Kier alpha value is -0.970. The lowest BCUT2D eigenvalue weighted by Crippen LogP contribution is -2.43. The number of nitrogens with one attached hydrogen (secondary N) is 1. The van der Waals surface area contributed by atoms with E-state index in [1.807, 2.05) is 12.4 Å². The van der Waals surface area contributed by atoms with Crippen LogP contribution >= 0.6 is 0 Å². The van der Waals surface area contributed by atoms with E-state index in [0.29, 0.717) is 12.1 Å². The van der Waals surface area contributed by atoms with Crippen LogP contribution in [0.3, 0.4) is 0 Å². The zero-order valence-corrected chi connectivity index (χ0v) is 12.8. The SMILES string of the molecule is c1cncc([C@H](CNC2CCOCC2)N2CCCCC2)c1. The predicted molar refractivity (Wildman–Crippen MR) is 84.2 cm³/mol. The van der Waals surface area contributed by atoms with Gasteiger partial charge in [-0.1, -0.05) is 12.5 Å². The number of pyridine rings is 1. The van der Waals surface area contributed by atoms with Crippen molar-refractivity contribution in [1.82, 2.24) is 15.2 Å². The lowest BCUT2D eigenvalue weighted by atomic mass is 10.0. The van der Waals surface area contributed by atoms with Crippen molar-refractivity contribution in [2.24, 2.45) is 0 Å². The summed E-state index contributed by atoms with van der Waals surface area (Å²) in [5, 5.41) is 3.77. The van der Waals surface area contributed by atoms with E-state index in [9.17, 15) is 0 Å². The number of ether oxygens (including phenoxy) is 1. The van der Waals surface area contributed by atoms with Crippen molar-refractivity contribution in [3.63, 3.8) is 0 Å². The fourth-order valence-electron chi connectivity index (χ4n) is 3.44. The quantitative estimate of drug-likeness (QED) is 0.903. The minimum absolute atomic E-state index is 0.460. The van der Waals surface area contributed by atoms with Crippen LogP contribution in [0, 0.1) is 0 Å². The van der Waals surface area contributed by atoms with E-state index < -0.39 is 0 Å². The second kappa shape index (κ2) is 7.87. The molecular weight excluding hydrogens is 262 g/mol. The molecule has 0 bridgehead atoms. The molecule has 2 aliphatic rings. The van der Waals surface area contributed by atoms with Gasteiger partial charge >= 0.3 is 0 Å². The smallest absolute Gasteiger partial charge is 0.0488 e. The molecule has 0 amide bonds. The molecule has 0 saturated carbocycles. The molecule has 0 spiro atoms. The molecule has 0 radical (unpaired) electrons. The zero-order valence-electron chi connectivity index (χ0n) is 12.8. The normalized spacial score (nSPS) is 23.0. The lowest BCUT2D eigenvalue weighted by Gasteiger charge is -2.36. The fraction of sp³-hybridized carbons (Fsp3) is 0.706. The van der Waals surface area contributed by atoms with Crippen molar-refractivity contribution >= 4 is 0 Å². The van der Waals surface area contributed by atoms with E-state index in [4.69, 9.17) is 4.74 Å². The molecule has 4 nitrogen and oxygen atoms in total. The molecule has 0 unspecified atom stereocenters. The molecule has 1 atom stereocenters. The Morgan fingerprint density at radius 1 is 1.24 bits per heavy atom. The number of nitrogens with zero attached hydrogens (tertiary/aromatic N) is 2. The molecule has 21 heavy (non-hydrogen) atoms. The van der Waals surface area contributed by atoms with Crippen LogP contribution in [0.15, 0.2) is 24.5 Å². The van der Waals surface area contributed by atoms with Crippen molar-refractivity contribution < 1.29 is 4.74 Å². The number of likely N-dealkylation sites (tertiary alicyclic amines) is 1. The van der Waals surface area contributed by atoms with Gasteiger partial charge in [0.25, 0.3) is 0 Å². The van der Waals surface area contributed by atoms with E-state index in [-0.39, 0.29) is 0 Å². The van der Waals surface area contributed by atoms with Gasteiger partial charge in [-0.15, -0.1) is 0 Å². The number of hydrogen-bond acceptors (Lipinski definition) is 4. The van der Waals surface area contributed by atoms with Crippen molar-refractivity contribution in [1.29, 1.82) is 0 Å². The minimum atomic E-state index is 0.460. The van der Waals surface area contributed by atoms with Gasteiger partial charge < -0.3 is 10.1 Å². The van der Waals surface area contributed by atoms with Gasteiger partial charge in [0.05, 0.1) is 0 Å². The third kappa shape index (κ3) is 4.25. The Balaban J connectivity index is 1.63. The Bertz CT molecular complexity index is 400. The third-order valence-corrected chi connectivity index (χ3v) is 4.72. The molecular formula is C17H27N3O. The first kappa shape index (κ1) is 14.9. The topological polar surface area (TPSA) is 37.4 Å². The highest BCUT2D eigenvalue weighted by Gasteiger charge is 2.23. The van der Waals surface area contributed by atoms with Gasteiger partial charge in [0, 0.05) is 44.2 Å². The van der Waals surface area contributed by atoms with Crippen LogP contribution in [-0.4, -0.2) is 48.8 Å². The highest BCUT2D eigenvalue weighted by molar-refractivity contribution is 5.15. The summed E-state index contributed by atoms with van der Waals surface area (Å²) in [6, 6.07) is 5.35. The maximum atomic E-state index is 5.45. The van der Waals surface area contributed by atoms with Gasteiger partial charge in [0.2, 0.25) is 0 Å². The molecule has 116 valence electrons. The Kier molecular flexibility index (Phi) is 5.60. The summed E-state index contributed by atoms with van der Waals surface area (Å²) in [7, 11) is 0. The zero-order chi connectivity index (χ0) is 14.3. The van der Waals surface area contributed by atoms with Crippen LogP contribution in [0.25, 0.3) is 0 Å². The molecule has 3 heterocycles. The maximum Gasteiger partial charge on any atom is 0.0488 e. The number of aromatic nitrogens is 1. The summed E-state index contributed by atoms with van der Waals surface area (Å²) in [5.41, 5.74) is 1.35. The molecule has 4 heteroatoms. The standard InChI is InChI=1S/C17H27N3O/c1-2-9-20(10-3-1)17(15-5-4-8-18-13-15)14-19-16-6-11-21-12-7-16/h4-5,8,13,16-17,19H,1-3,6-7,9-12,14H2/t17-/m0/s1. The van der Waals surface area contributed by atoms with E-state index in [0.717, 1.165) is 32.6 Å². The minimum Gasteiger partial charge on any atom is -0.381 e. The van der Waals surface area contributed by atoms with E-state index >= 15 is 0 Å². The molecule has 2 fully saturated rings. The number of hydrogen-bond donors (Lipinski definition) is 1. The summed E-state index contributed by atoms with van der Waals surface area (Å²) >= 11 is 0. The summed E-state index contributed by atoms with van der Waals surface area (Å²) in [4.78, 5) is 6.95. The van der Waals surface area contributed by atoms with Crippen LogP contribution in [0.2, 0.25) is 0 Å². The molecule has 0 aliphatic carbocycles. The molecule has 0 aromatic carbocycles. The maximum absolute atomic E-state index is 5.45. The van der Waals surface area contributed by atoms with Crippen LogP contribution in [-0.2, 0) is 4.74 Å². The first-order valence-electron chi connectivity index (χ1n) is 8.38. The number of piperidine rings is 1. The van der Waals surface area contributed by atoms with Gasteiger partial charge in [-0.3, -0.25) is 9.88 Å². The van der Waals surface area contributed by atoms with Crippen molar-refractivity contribution in [3.05, 3.63) is 30.1 Å². The lowest BCUT2D eigenvalue weighted by molar-refractivity contribution is 0.0736. The summed E-state index contributed by atoms with van der Waals surface area (Å²) in [5.74, 6) is 0. The van der Waals surface area contributed by atoms with E-state index in [2.05, 4.69) is 27.3 Å². The average molecular weight is 289 g/mol. The fourth-order valence-corrected chi connectivity index (χ4v) is 3.44. The second-order valence-corrected chi connectivity index (χ2v) is 6.19. The average Bonchev–Trinajstić information content (AvgIpc) is 2.58. The first-order chi connectivity index (χ1) is 10.4. The molecule has 2 saturated heterocycles. The summed E-state index contributed by atoms with van der Waals surface area (Å²) in [6.45, 7) is 5.26. The Morgan fingerprint density at radius 3 is 2.76 bits per heavy atom. The van der Waals surface area contributed by atoms with Crippen LogP contribution < -0.4 is 5.32 Å². The largest absolute Gasteiger partial charge is 0.381 e. The summed E-state index contributed by atoms with van der Waals surface area (Å²) in [6.07, 6.45) is 10.2. The molecule has 1 N–H and O–H groups in total. The van der Waals surface area contributed by atoms with Gasteiger partial charge in [-0.2, -0.15) is 0 Å². The van der Waals surface area contributed by atoms with E-state index in [1.54, 1.807) is 0 Å². The summed E-state index contributed by atoms with van der Waals surface area (Å²) < 4.78 is 5.45. The second-order valence-electron chi connectivity index (χ2n) is 6.19. The molecule has 3 rings (SSSR count). The Morgan fingerprint density at radius 2 is 2.05 bits per heavy atom. The Labute approximate surface area is 127 Å².